The van der Waals surface area contributed by atoms with Gasteiger partial charge in [0.05, 0.1) is 21.1 Å². The smallest absolute Gasteiger partial charge is 0.138 e. The zero-order chi connectivity index (χ0) is 15.0. The molecule has 0 radical (unpaired) electrons. The zero-order valence-corrected chi connectivity index (χ0v) is 14.3. The van der Waals surface area contributed by atoms with Gasteiger partial charge in [0.1, 0.15) is 23.2 Å². The number of rotatable bonds is 4. The quantitative estimate of drug-likeness (QED) is 0.461. The van der Waals surface area contributed by atoms with Crippen molar-refractivity contribution in [2.24, 2.45) is 0 Å². The summed E-state index contributed by atoms with van der Waals surface area (Å²) in [7, 11) is 0. The van der Waals surface area contributed by atoms with E-state index in [0.29, 0.717) is 22.4 Å². The number of fused-ring (bicyclic) bond motifs is 1. The molecule has 1 aromatic carbocycles. The Morgan fingerprint density at radius 3 is 2.86 bits per heavy atom. The molecular formula is C15H13ClFIN2O. The van der Waals surface area contributed by atoms with Crippen molar-refractivity contribution in [3.8, 4) is 0 Å². The van der Waals surface area contributed by atoms with Gasteiger partial charge in [0.2, 0.25) is 0 Å². The number of halogens is 3. The van der Waals surface area contributed by atoms with Crippen molar-refractivity contribution >= 4 is 45.2 Å². The molecule has 0 N–H and O–H groups in total. The minimum Gasteiger partial charge on any atom is -0.464 e. The van der Waals surface area contributed by atoms with Crippen LogP contribution < -0.4 is 0 Å². The fourth-order valence-electron chi connectivity index (χ4n) is 2.35. The molecular weight excluding hydrogens is 406 g/mol. The molecule has 110 valence electrons. The highest BCUT2D eigenvalue weighted by Gasteiger charge is 2.14. The summed E-state index contributed by atoms with van der Waals surface area (Å²) in [6.07, 6.45) is 0.633. The van der Waals surface area contributed by atoms with Crippen molar-refractivity contribution in [3.05, 3.63) is 51.0 Å². The summed E-state index contributed by atoms with van der Waals surface area (Å²) in [5.74, 6) is 2.75. The van der Waals surface area contributed by atoms with Crippen LogP contribution in [0.2, 0.25) is 0 Å². The van der Waals surface area contributed by atoms with E-state index in [2.05, 4.69) is 4.98 Å². The van der Waals surface area contributed by atoms with Gasteiger partial charge in [0.25, 0.3) is 0 Å². The lowest BCUT2D eigenvalue weighted by Gasteiger charge is -2.07. The molecule has 3 aromatic rings. The molecule has 2 aromatic heterocycles. The third-order valence-electron chi connectivity index (χ3n) is 3.30. The normalized spacial score (nSPS) is 11.4. The van der Waals surface area contributed by atoms with Crippen LogP contribution in [0.15, 0.2) is 28.7 Å². The van der Waals surface area contributed by atoms with Gasteiger partial charge in [0.15, 0.2) is 0 Å². The number of aromatic nitrogens is 2. The molecule has 0 amide bonds. The molecule has 6 heteroatoms. The van der Waals surface area contributed by atoms with E-state index < -0.39 is 0 Å². The highest BCUT2D eigenvalue weighted by Crippen LogP contribution is 2.24. The summed E-state index contributed by atoms with van der Waals surface area (Å²) in [6, 6.07) is 7.12. The summed E-state index contributed by atoms with van der Waals surface area (Å²) in [5, 5.41) is 0. The topological polar surface area (TPSA) is 31.0 Å². The third kappa shape index (κ3) is 2.94. The standard InChI is InChI=1S/C15H13ClFIN2O/c1-9-2-3-10(21-9)8-20-14-6-11(17)12(18)7-13(14)19-15(20)4-5-16/h2-3,6-7H,4-5,8H2,1H3. The number of alkyl halides is 1. The maximum absolute atomic E-state index is 13.9. The van der Waals surface area contributed by atoms with Crippen LogP contribution in [-0.4, -0.2) is 15.4 Å². The Hall–Kier alpha value is -1.08. The van der Waals surface area contributed by atoms with Crippen LogP contribution in [0.3, 0.4) is 0 Å². The first kappa shape index (κ1) is 14.8. The fourth-order valence-corrected chi connectivity index (χ4v) is 2.97. The van der Waals surface area contributed by atoms with E-state index in [0.717, 1.165) is 28.4 Å². The van der Waals surface area contributed by atoms with Crippen molar-refractivity contribution in [2.45, 2.75) is 19.9 Å². The SMILES string of the molecule is Cc1ccc(Cn2c(CCCl)nc3cc(I)c(F)cc32)o1. The van der Waals surface area contributed by atoms with Gasteiger partial charge in [0, 0.05) is 18.4 Å². The van der Waals surface area contributed by atoms with E-state index in [9.17, 15) is 4.39 Å². The number of hydrogen-bond acceptors (Lipinski definition) is 2. The molecule has 0 fully saturated rings. The molecule has 21 heavy (non-hydrogen) atoms. The molecule has 0 saturated heterocycles. The maximum atomic E-state index is 13.9. The summed E-state index contributed by atoms with van der Waals surface area (Å²) >= 11 is 7.83. The Balaban J connectivity index is 2.12. The lowest BCUT2D eigenvalue weighted by atomic mass is 10.3. The Bertz CT molecular complexity index is 796. The van der Waals surface area contributed by atoms with E-state index in [4.69, 9.17) is 16.0 Å². The number of hydrogen-bond donors (Lipinski definition) is 0. The summed E-state index contributed by atoms with van der Waals surface area (Å²) in [5.41, 5.74) is 1.55. The lowest BCUT2D eigenvalue weighted by molar-refractivity contribution is 0.469. The van der Waals surface area contributed by atoms with Crippen LogP contribution in [-0.2, 0) is 13.0 Å². The van der Waals surface area contributed by atoms with Crippen LogP contribution >= 0.6 is 34.2 Å². The van der Waals surface area contributed by atoms with E-state index in [1.165, 1.54) is 6.07 Å². The Morgan fingerprint density at radius 1 is 1.38 bits per heavy atom. The largest absolute Gasteiger partial charge is 0.464 e. The minimum absolute atomic E-state index is 0.239. The van der Waals surface area contributed by atoms with Crippen LogP contribution in [0.1, 0.15) is 17.3 Å². The predicted octanol–water partition coefficient (Wildman–Crippen LogP) is 4.51. The number of benzene rings is 1. The lowest BCUT2D eigenvalue weighted by Crippen LogP contribution is -2.05. The molecule has 0 bridgehead atoms. The second-order valence-corrected chi connectivity index (χ2v) is 6.36. The predicted molar refractivity (Wildman–Crippen MR) is 89.4 cm³/mol. The first-order valence-electron chi connectivity index (χ1n) is 6.54. The second-order valence-electron chi connectivity index (χ2n) is 4.82. The van der Waals surface area contributed by atoms with Crippen molar-refractivity contribution in [1.29, 1.82) is 0 Å². The van der Waals surface area contributed by atoms with Gasteiger partial charge in [-0.15, -0.1) is 11.6 Å². The van der Waals surface area contributed by atoms with Gasteiger partial charge in [-0.25, -0.2) is 9.37 Å². The van der Waals surface area contributed by atoms with Crippen LogP contribution in [0.4, 0.5) is 4.39 Å². The molecule has 2 heterocycles. The molecule has 0 aliphatic rings. The Morgan fingerprint density at radius 2 is 2.19 bits per heavy atom. The third-order valence-corrected chi connectivity index (χ3v) is 4.31. The van der Waals surface area contributed by atoms with Crippen molar-refractivity contribution in [1.82, 2.24) is 9.55 Å². The van der Waals surface area contributed by atoms with Gasteiger partial charge < -0.3 is 8.98 Å². The van der Waals surface area contributed by atoms with Crippen molar-refractivity contribution in [3.63, 3.8) is 0 Å². The average molecular weight is 419 g/mol. The maximum Gasteiger partial charge on any atom is 0.138 e. The molecule has 0 aliphatic heterocycles. The van der Waals surface area contributed by atoms with Gasteiger partial charge in [-0.3, -0.25) is 0 Å². The first-order chi connectivity index (χ1) is 10.1. The van der Waals surface area contributed by atoms with E-state index >= 15 is 0 Å². The fraction of sp³-hybridized carbons (Fsp3) is 0.267. The molecule has 3 rings (SSSR count). The number of furan rings is 1. The number of aryl methyl sites for hydroxylation is 2. The van der Waals surface area contributed by atoms with Crippen LogP contribution in [0.5, 0.6) is 0 Å². The molecule has 0 atom stereocenters. The van der Waals surface area contributed by atoms with E-state index in [1.54, 1.807) is 6.07 Å². The number of nitrogens with zero attached hydrogens (tertiary/aromatic N) is 2. The highest BCUT2D eigenvalue weighted by molar-refractivity contribution is 14.1. The molecule has 0 saturated carbocycles. The van der Waals surface area contributed by atoms with Crippen molar-refractivity contribution < 1.29 is 8.81 Å². The Labute approximate surface area is 140 Å². The average Bonchev–Trinajstić information content (AvgIpc) is 2.97. The summed E-state index contributed by atoms with van der Waals surface area (Å²) in [4.78, 5) is 4.57. The monoisotopic (exact) mass is 418 g/mol. The second kappa shape index (κ2) is 5.96. The molecule has 0 unspecified atom stereocenters. The van der Waals surface area contributed by atoms with E-state index in [1.807, 2.05) is 46.2 Å². The molecule has 3 nitrogen and oxygen atoms in total. The molecule has 0 spiro atoms. The van der Waals surface area contributed by atoms with Gasteiger partial charge >= 0.3 is 0 Å². The van der Waals surface area contributed by atoms with E-state index in [-0.39, 0.29) is 5.82 Å². The van der Waals surface area contributed by atoms with Crippen molar-refractivity contribution in [2.75, 3.05) is 5.88 Å². The summed E-state index contributed by atoms with van der Waals surface area (Å²) < 4.78 is 22.0. The van der Waals surface area contributed by atoms with Gasteiger partial charge in [-0.1, -0.05) is 0 Å². The Kier molecular flexibility index (Phi) is 4.21. The summed E-state index contributed by atoms with van der Waals surface area (Å²) in [6.45, 7) is 2.42. The van der Waals surface area contributed by atoms with Gasteiger partial charge in [-0.05, 0) is 47.7 Å². The zero-order valence-electron chi connectivity index (χ0n) is 11.4. The first-order valence-corrected chi connectivity index (χ1v) is 8.15. The number of imidazole rings is 1. The van der Waals surface area contributed by atoms with Crippen LogP contribution in [0, 0.1) is 16.3 Å². The highest BCUT2D eigenvalue weighted by atomic mass is 127. The van der Waals surface area contributed by atoms with Crippen LogP contribution in [0.25, 0.3) is 11.0 Å². The molecule has 0 aliphatic carbocycles. The minimum atomic E-state index is -0.239. The van der Waals surface area contributed by atoms with Gasteiger partial charge in [-0.2, -0.15) is 0 Å².